The van der Waals surface area contributed by atoms with Crippen molar-refractivity contribution in [2.45, 2.75) is 12.7 Å². The summed E-state index contributed by atoms with van der Waals surface area (Å²) in [5, 5.41) is 0.633. The Balaban J connectivity index is 2.45. The van der Waals surface area contributed by atoms with Gasteiger partial charge in [0.1, 0.15) is 12.8 Å². The molecule has 0 atom stereocenters. The quantitative estimate of drug-likeness (QED) is 0.723. The summed E-state index contributed by atoms with van der Waals surface area (Å²) in [5.41, 5.74) is 0.931. The van der Waals surface area contributed by atoms with Crippen LogP contribution in [0.4, 0.5) is 13.2 Å². The summed E-state index contributed by atoms with van der Waals surface area (Å²) < 4.78 is 37.8. The monoisotopic (exact) mass is 227 g/mol. The minimum Gasteiger partial charge on any atom is -0.338 e. The van der Waals surface area contributed by atoms with E-state index in [1.54, 1.807) is 12.1 Å². The van der Waals surface area contributed by atoms with Crippen LogP contribution in [-0.4, -0.2) is 17.0 Å². The number of halogens is 3. The molecule has 84 valence electrons. The minimum atomic E-state index is -4.24. The third-order valence-corrected chi connectivity index (χ3v) is 2.28. The molecule has 2 aromatic rings. The molecular formula is C11H8F3NO. The van der Waals surface area contributed by atoms with Crippen molar-refractivity contribution in [3.05, 3.63) is 36.0 Å². The van der Waals surface area contributed by atoms with Gasteiger partial charge in [0, 0.05) is 22.7 Å². The molecule has 5 heteroatoms. The summed E-state index contributed by atoms with van der Waals surface area (Å²) in [6.45, 7) is -1.02. The highest BCUT2D eigenvalue weighted by Gasteiger charge is 2.28. The number of fused-ring (bicyclic) bond motifs is 1. The number of carbonyl (C=O) groups excluding carboxylic acids is 1. The maximum atomic E-state index is 12.2. The smallest absolute Gasteiger partial charge is 0.338 e. The molecular weight excluding hydrogens is 219 g/mol. The molecule has 2 rings (SSSR count). The molecule has 1 aromatic heterocycles. The number of benzene rings is 1. The lowest BCUT2D eigenvalue weighted by atomic mass is 10.2. The van der Waals surface area contributed by atoms with Gasteiger partial charge in [0.25, 0.3) is 0 Å². The second kappa shape index (κ2) is 3.66. The molecule has 0 aliphatic carbocycles. The molecule has 0 aliphatic heterocycles. The van der Waals surface area contributed by atoms with E-state index in [0.29, 0.717) is 22.8 Å². The van der Waals surface area contributed by atoms with E-state index in [1.165, 1.54) is 18.3 Å². The van der Waals surface area contributed by atoms with Gasteiger partial charge in [-0.05, 0) is 24.3 Å². The Bertz CT molecular complexity index is 527. The fourth-order valence-electron chi connectivity index (χ4n) is 1.62. The van der Waals surface area contributed by atoms with Crippen LogP contribution in [0.5, 0.6) is 0 Å². The lowest BCUT2D eigenvalue weighted by molar-refractivity contribution is -0.139. The van der Waals surface area contributed by atoms with Crippen molar-refractivity contribution >= 4 is 17.2 Å². The third kappa shape index (κ3) is 2.08. The van der Waals surface area contributed by atoms with E-state index in [1.807, 2.05) is 0 Å². The predicted octanol–water partition coefficient (Wildman–Crippen LogP) is 3.02. The first-order valence-electron chi connectivity index (χ1n) is 4.60. The van der Waals surface area contributed by atoms with Crippen LogP contribution in [0.25, 0.3) is 10.9 Å². The van der Waals surface area contributed by atoms with Gasteiger partial charge in [-0.3, -0.25) is 4.79 Å². The molecule has 0 amide bonds. The summed E-state index contributed by atoms with van der Waals surface area (Å²) in [6.07, 6.45) is -2.21. The number of hydrogen-bond acceptors (Lipinski definition) is 1. The average Bonchev–Trinajstić information content (AvgIpc) is 2.58. The van der Waals surface area contributed by atoms with Crippen LogP contribution >= 0.6 is 0 Å². The highest BCUT2D eigenvalue weighted by Crippen LogP contribution is 2.23. The van der Waals surface area contributed by atoms with Gasteiger partial charge in [0.05, 0.1) is 0 Å². The van der Waals surface area contributed by atoms with Crippen molar-refractivity contribution in [3.63, 3.8) is 0 Å². The lowest BCUT2D eigenvalue weighted by Crippen LogP contribution is -2.16. The molecule has 2 nitrogen and oxygen atoms in total. The van der Waals surface area contributed by atoms with Gasteiger partial charge in [-0.1, -0.05) is 0 Å². The van der Waals surface area contributed by atoms with E-state index in [9.17, 15) is 18.0 Å². The first-order chi connectivity index (χ1) is 7.49. The minimum absolute atomic E-state index is 0.456. The Kier molecular flexibility index (Phi) is 2.46. The molecule has 0 aliphatic rings. The molecule has 0 radical (unpaired) electrons. The summed E-state index contributed by atoms with van der Waals surface area (Å²) in [5.74, 6) is 0. The number of rotatable bonds is 2. The molecule has 0 bridgehead atoms. The molecule has 16 heavy (non-hydrogen) atoms. The average molecular weight is 227 g/mol. The van der Waals surface area contributed by atoms with Gasteiger partial charge in [-0.25, -0.2) is 0 Å². The van der Waals surface area contributed by atoms with Crippen molar-refractivity contribution in [3.8, 4) is 0 Å². The fraction of sp³-hybridized carbons (Fsp3) is 0.182. The standard InChI is InChI=1S/C11H8F3NO/c12-11(13,14)7-15-4-3-9-5-8(6-16)1-2-10(9)15/h1-6H,7H2. The van der Waals surface area contributed by atoms with Crippen molar-refractivity contribution in [1.29, 1.82) is 0 Å². The Morgan fingerprint density at radius 3 is 2.62 bits per heavy atom. The highest BCUT2D eigenvalue weighted by molar-refractivity contribution is 5.87. The van der Waals surface area contributed by atoms with Gasteiger partial charge < -0.3 is 4.57 Å². The van der Waals surface area contributed by atoms with E-state index in [2.05, 4.69) is 0 Å². The van der Waals surface area contributed by atoms with Crippen LogP contribution in [0, 0.1) is 0 Å². The topological polar surface area (TPSA) is 22.0 Å². The largest absolute Gasteiger partial charge is 0.406 e. The maximum Gasteiger partial charge on any atom is 0.406 e. The van der Waals surface area contributed by atoms with Crippen LogP contribution in [-0.2, 0) is 6.54 Å². The zero-order valence-corrected chi connectivity index (χ0v) is 8.16. The molecule has 0 spiro atoms. The van der Waals surface area contributed by atoms with Crippen molar-refractivity contribution in [2.75, 3.05) is 0 Å². The summed E-state index contributed by atoms with van der Waals surface area (Å²) in [4.78, 5) is 10.5. The fourth-order valence-corrected chi connectivity index (χ4v) is 1.62. The van der Waals surface area contributed by atoms with Crippen LogP contribution < -0.4 is 0 Å². The van der Waals surface area contributed by atoms with E-state index in [4.69, 9.17) is 0 Å². The zero-order valence-electron chi connectivity index (χ0n) is 8.16. The third-order valence-electron chi connectivity index (χ3n) is 2.28. The van der Waals surface area contributed by atoms with Gasteiger partial charge in [0.15, 0.2) is 0 Å². The number of aromatic nitrogens is 1. The zero-order chi connectivity index (χ0) is 11.8. The van der Waals surface area contributed by atoms with Crippen molar-refractivity contribution in [2.24, 2.45) is 0 Å². The lowest BCUT2D eigenvalue weighted by Gasteiger charge is -2.08. The Labute approximate surface area is 89.3 Å². The number of nitrogens with zero attached hydrogens (tertiary/aromatic N) is 1. The van der Waals surface area contributed by atoms with E-state index < -0.39 is 12.7 Å². The first-order valence-corrected chi connectivity index (χ1v) is 4.60. The summed E-state index contributed by atoms with van der Waals surface area (Å²) in [7, 11) is 0. The van der Waals surface area contributed by atoms with Crippen molar-refractivity contribution in [1.82, 2.24) is 4.57 Å². The summed E-state index contributed by atoms with van der Waals surface area (Å²) in [6, 6.07) is 6.15. The number of aldehydes is 1. The van der Waals surface area contributed by atoms with Gasteiger partial charge in [-0.15, -0.1) is 0 Å². The molecule has 0 saturated heterocycles. The molecule has 0 saturated carbocycles. The number of alkyl halides is 3. The molecule has 0 N–H and O–H groups in total. The van der Waals surface area contributed by atoms with E-state index in [-0.39, 0.29) is 0 Å². The second-order valence-electron chi connectivity index (χ2n) is 3.49. The summed E-state index contributed by atoms with van der Waals surface area (Å²) >= 11 is 0. The van der Waals surface area contributed by atoms with Gasteiger partial charge in [-0.2, -0.15) is 13.2 Å². The number of carbonyl (C=O) groups is 1. The molecule has 1 aromatic carbocycles. The molecule has 0 unspecified atom stereocenters. The van der Waals surface area contributed by atoms with Crippen molar-refractivity contribution < 1.29 is 18.0 Å². The van der Waals surface area contributed by atoms with E-state index in [0.717, 1.165) is 4.57 Å². The normalized spacial score (nSPS) is 11.9. The second-order valence-corrected chi connectivity index (χ2v) is 3.49. The van der Waals surface area contributed by atoms with Crippen LogP contribution in [0.2, 0.25) is 0 Å². The predicted molar refractivity (Wildman–Crippen MR) is 53.4 cm³/mol. The number of hydrogen-bond donors (Lipinski definition) is 0. The maximum absolute atomic E-state index is 12.2. The highest BCUT2D eigenvalue weighted by atomic mass is 19.4. The molecule has 1 heterocycles. The van der Waals surface area contributed by atoms with E-state index >= 15 is 0 Å². The Morgan fingerprint density at radius 2 is 2.00 bits per heavy atom. The van der Waals surface area contributed by atoms with Crippen LogP contribution in [0.3, 0.4) is 0 Å². The Morgan fingerprint density at radius 1 is 1.25 bits per heavy atom. The molecule has 0 fully saturated rings. The van der Waals surface area contributed by atoms with Crippen LogP contribution in [0.15, 0.2) is 30.5 Å². The van der Waals surface area contributed by atoms with Crippen LogP contribution in [0.1, 0.15) is 10.4 Å². The Hall–Kier alpha value is -1.78. The SMILES string of the molecule is O=Cc1ccc2c(ccn2CC(F)(F)F)c1. The van der Waals surface area contributed by atoms with Gasteiger partial charge >= 0.3 is 6.18 Å². The van der Waals surface area contributed by atoms with Gasteiger partial charge in [0.2, 0.25) is 0 Å². The first kappa shape index (κ1) is 10.7.